The van der Waals surface area contributed by atoms with Gasteiger partial charge in [-0.1, -0.05) is 28.1 Å². The second-order valence-corrected chi connectivity index (χ2v) is 6.37. The number of nitrogens with one attached hydrogen (secondary N) is 1. The summed E-state index contributed by atoms with van der Waals surface area (Å²) < 4.78 is 14.9. The van der Waals surface area contributed by atoms with Gasteiger partial charge in [0.2, 0.25) is 0 Å². The second kappa shape index (κ2) is 5.21. The molecule has 0 bridgehead atoms. The molecule has 20 heavy (non-hydrogen) atoms. The lowest BCUT2D eigenvalue weighted by Gasteiger charge is -2.20. The molecule has 1 aliphatic carbocycles. The summed E-state index contributed by atoms with van der Waals surface area (Å²) in [4.78, 5) is 0. The van der Waals surface area contributed by atoms with Crippen molar-refractivity contribution in [2.24, 2.45) is 0 Å². The first-order chi connectivity index (χ1) is 9.56. The Morgan fingerprint density at radius 1 is 1.20 bits per heavy atom. The van der Waals surface area contributed by atoms with Crippen LogP contribution in [0.2, 0.25) is 0 Å². The van der Waals surface area contributed by atoms with Crippen molar-refractivity contribution in [3.63, 3.8) is 0 Å². The Hall–Kier alpha value is -1.35. The van der Waals surface area contributed by atoms with Crippen LogP contribution in [-0.2, 0) is 6.42 Å². The zero-order valence-corrected chi connectivity index (χ0v) is 13.2. The van der Waals surface area contributed by atoms with Crippen LogP contribution >= 0.6 is 15.9 Å². The van der Waals surface area contributed by atoms with Gasteiger partial charge in [-0.25, -0.2) is 4.39 Å². The van der Waals surface area contributed by atoms with Crippen molar-refractivity contribution in [3.05, 3.63) is 62.9 Å². The molecule has 0 aromatic heterocycles. The van der Waals surface area contributed by atoms with Gasteiger partial charge in [0.15, 0.2) is 0 Å². The van der Waals surface area contributed by atoms with Crippen molar-refractivity contribution < 1.29 is 4.39 Å². The van der Waals surface area contributed by atoms with Gasteiger partial charge in [-0.15, -0.1) is 0 Å². The van der Waals surface area contributed by atoms with Crippen molar-refractivity contribution >= 4 is 21.6 Å². The molecule has 3 rings (SSSR count). The minimum atomic E-state index is -0.0731. The lowest BCUT2D eigenvalue weighted by molar-refractivity contribution is 0.612. The molecule has 0 heterocycles. The minimum absolute atomic E-state index is 0.0731. The van der Waals surface area contributed by atoms with Crippen molar-refractivity contribution in [3.8, 4) is 0 Å². The van der Waals surface area contributed by atoms with Gasteiger partial charge < -0.3 is 5.32 Å². The number of hydrogen-bond donors (Lipinski definition) is 1. The number of halogens is 2. The Balaban J connectivity index is 1.94. The summed E-state index contributed by atoms with van der Waals surface area (Å²) in [5.41, 5.74) is 5.56. The van der Waals surface area contributed by atoms with E-state index >= 15 is 0 Å². The Bertz CT molecular complexity index is 643. The largest absolute Gasteiger partial charge is 0.378 e. The normalized spacial score (nSPS) is 17.1. The zero-order chi connectivity index (χ0) is 14.3. The first kappa shape index (κ1) is 13.6. The van der Waals surface area contributed by atoms with Crippen LogP contribution in [0.3, 0.4) is 0 Å². The number of rotatable bonds is 2. The third-order valence-corrected chi connectivity index (χ3v) is 4.49. The molecule has 1 aliphatic rings. The maximum absolute atomic E-state index is 13.8. The highest BCUT2D eigenvalue weighted by Gasteiger charge is 2.25. The molecule has 0 saturated carbocycles. The Kier molecular flexibility index (Phi) is 3.55. The molecule has 0 fully saturated rings. The van der Waals surface area contributed by atoms with Gasteiger partial charge in [0, 0.05) is 10.2 Å². The molecule has 1 nitrogen and oxygen atoms in total. The maximum Gasteiger partial charge on any atom is 0.126 e. The molecule has 2 aromatic rings. The molecule has 2 aromatic carbocycles. The topological polar surface area (TPSA) is 12.0 Å². The minimum Gasteiger partial charge on any atom is -0.378 e. The van der Waals surface area contributed by atoms with E-state index in [9.17, 15) is 4.39 Å². The van der Waals surface area contributed by atoms with Crippen LogP contribution in [-0.4, -0.2) is 0 Å². The van der Waals surface area contributed by atoms with E-state index in [-0.39, 0.29) is 11.9 Å². The van der Waals surface area contributed by atoms with Gasteiger partial charge in [-0.2, -0.15) is 0 Å². The Morgan fingerprint density at radius 2 is 1.90 bits per heavy atom. The molecule has 3 heteroatoms. The van der Waals surface area contributed by atoms with Crippen LogP contribution in [0.4, 0.5) is 10.1 Å². The molecule has 1 N–H and O–H groups in total. The highest BCUT2D eigenvalue weighted by atomic mass is 79.9. The van der Waals surface area contributed by atoms with Crippen LogP contribution in [0.5, 0.6) is 0 Å². The highest BCUT2D eigenvalue weighted by Crippen LogP contribution is 2.37. The molecular weight excluding hydrogens is 317 g/mol. The first-order valence-electron chi connectivity index (χ1n) is 6.87. The quantitative estimate of drug-likeness (QED) is 0.785. The van der Waals surface area contributed by atoms with Crippen LogP contribution in [0.1, 0.15) is 34.7 Å². The predicted molar refractivity (Wildman–Crippen MR) is 84.7 cm³/mol. The van der Waals surface area contributed by atoms with E-state index in [0.29, 0.717) is 0 Å². The van der Waals surface area contributed by atoms with Crippen molar-refractivity contribution in [2.45, 2.75) is 32.7 Å². The number of fused-ring (bicyclic) bond motifs is 1. The zero-order valence-electron chi connectivity index (χ0n) is 11.6. The number of benzene rings is 2. The number of anilines is 1. The third-order valence-electron chi connectivity index (χ3n) is 4.03. The molecule has 0 radical (unpaired) electrons. The first-order valence-corrected chi connectivity index (χ1v) is 7.66. The monoisotopic (exact) mass is 333 g/mol. The highest BCUT2D eigenvalue weighted by molar-refractivity contribution is 9.10. The second-order valence-electron chi connectivity index (χ2n) is 5.46. The van der Waals surface area contributed by atoms with Crippen LogP contribution in [0.25, 0.3) is 0 Å². The lowest BCUT2D eigenvalue weighted by atomic mass is 10.0. The number of hydrogen-bond acceptors (Lipinski definition) is 1. The summed E-state index contributed by atoms with van der Waals surface area (Å²) in [6.45, 7) is 4.20. The molecule has 104 valence electrons. The van der Waals surface area contributed by atoms with Crippen molar-refractivity contribution in [1.82, 2.24) is 0 Å². The predicted octanol–water partition coefficient (Wildman–Crippen LogP) is 5.30. The molecule has 1 unspecified atom stereocenters. The van der Waals surface area contributed by atoms with Gasteiger partial charge in [-0.05, 0) is 67.1 Å². The summed E-state index contributed by atoms with van der Waals surface area (Å²) in [5, 5.41) is 3.60. The average Bonchev–Trinajstić information content (AvgIpc) is 2.78. The molecule has 1 atom stereocenters. The molecule has 0 aliphatic heterocycles. The molecule has 0 saturated heterocycles. The standard InChI is InChI=1S/C17H17BrFN/c1-10-8-12(18)9-11(2)17(10)20-16-7-6-13-14(16)4-3-5-15(13)19/h3-5,8-9,16,20H,6-7H2,1-2H3. The lowest BCUT2D eigenvalue weighted by Crippen LogP contribution is -2.09. The van der Waals surface area contributed by atoms with E-state index in [1.54, 1.807) is 12.1 Å². The van der Waals surface area contributed by atoms with Gasteiger partial charge in [0.1, 0.15) is 5.82 Å². The molecular formula is C17H17BrFN. The smallest absolute Gasteiger partial charge is 0.126 e. The van der Waals surface area contributed by atoms with Gasteiger partial charge in [0.05, 0.1) is 6.04 Å². The van der Waals surface area contributed by atoms with E-state index in [4.69, 9.17) is 0 Å². The van der Waals surface area contributed by atoms with E-state index in [1.807, 2.05) is 6.07 Å². The van der Waals surface area contributed by atoms with Gasteiger partial charge in [-0.3, -0.25) is 0 Å². The maximum atomic E-state index is 13.8. The summed E-state index contributed by atoms with van der Waals surface area (Å²) in [6, 6.07) is 9.81. The Morgan fingerprint density at radius 3 is 2.60 bits per heavy atom. The van der Waals surface area contributed by atoms with E-state index in [2.05, 4.69) is 47.2 Å². The molecule has 0 amide bonds. The van der Waals surface area contributed by atoms with Crippen molar-refractivity contribution in [2.75, 3.05) is 5.32 Å². The van der Waals surface area contributed by atoms with Gasteiger partial charge in [0.25, 0.3) is 0 Å². The summed E-state index contributed by atoms with van der Waals surface area (Å²) in [5.74, 6) is -0.0731. The van der Waals surface area contributed by atoms with Crippen LogP contribution in [0.15, 0.2) is 34.8 Å². The SMILES string of the molecule is Cc1cc(Br)cc(C)c1NC1CCc2c(F)cccc21. The summed E-state index contributed by atoms with van der Waals surface area (Å²) in [6.07, 6.45) is 1.76. The van der Waals surface area contributed by atoms with Crippen LogP contribution < -0.4 is 5.32 Å². The Labute approximate surface area is 127 Å². The average molecular weight is 334 g/mol. The van der Waals surface area contributed by atoms with E-state index in [0.717, 1.165) is 34.1 Å². The third kappa shape index (κ3) is 2.35. The fourth-order valence-corrected chi connectivity index (χ4v) is 3.76. The summed E-state index contributed by atoms with van der Waals surface area (Å²) in [7, 11) is 0. The summed E-state index contributed by atoms with van der Waals surface area (Å²) >= 11 is 3.52. The van der Waals surface area contributed by atoms with E-state index in [1.165, 1.54) is 11.1 Å². The fraction of sp³-hybridized carbons (Fsp3) is 0.294. The fourth-order valence-electron chi connectivity index (χ4n) is 3.07. The van der Waals surface area contributed by atoms with E-state index < -0.39 is 0 Å². The van der Waals surface area contributed by atoms with Crippen molar-refractivity contribution in [1.29, 1.82) is 0 Å². The van der Waals surface area contributed by atoms with Gasteiger partial charge >= 0.3 is 0 Å². The number of aryl methyl sites for hydroxylation is 2. The van der Waals surface area contributed by atoms with Crippen LogP contribution in [0, 0.1) is 19.7 Å². The molecule has 0 spiro atoms.